The maximum Gasteiger partial charge on any atom is 0.418 e. The lowest BCUT2D eigenvalue weighted by atomic mass is 10.0. The van der Waals surface area contributed by atoms with Gasteiger partial charge in [0.05, 0.1) is 23.7 Å². The highest BCUT2D eigenvalue weighted by molar-refractivity contribution is 5.37. The number of aromatic nitrogens is 1. The van der Waals surface area contributed by atoms with Crippen molar-refractivity contribution >= 4 is 0 Å². The summed E-state index contributed by atoms with van der Waals surface area (Å²) in [6.45, 7) is -0.281. The predicted octanol–water partition coefficient (Wildman–Crippen LogP) is 2.56. The van der Waals surface area contributed by atoms with Gasteiger partial charge < -0.3 is 5.73 Å². The maximum absolute atomic E-state index is 12.7. The molecule has 0 fully saturated rings. The SMILES string of the molecule is N#CCc1cc(CN)nc(C(F)F)c1C(F)(F)F. The largest absolute Gasteiger partial charge is 0.418 e. The number of nitrogens with zero attached hydrogens (tertiary/aromatic N) is 2. The summed E-state index contributed by atoms with van der Waals surface area (Å²) >= 11 is 0. The smallest absolute Gasteiger partial charge is 0.325 e. The van der Waals surface area contributed by atoms with Gasteiger partial charge in [0, 0.05) is 6.54 Å². The monoisotopic (exact) mass is 265 g/mol. The molecule has 1 rings (SSSR count). The Morgan fingerprint density at radius 1 is 1.39 bits per heavy atom. The van der Waals surface area contributed by atoms with Crippen LogP contribution >= 0.6 is 0 Å². The lowest BCUT2D eigenvalue weighted by Gasteiger charge is -2.16. The quantitative estimate of drug-likeness (QED) is 0.854. The lowest BCUT2D eigenvalue weighted by molar-refractivity contribution is -0.140. The Morgan fingerprint density at radius 2 is 2.00 bits per heavy atom. The average molecular weight is 265 g/mol. The Hall–Kier alpha value is -1.75. The fraction of sp³-hybridized carbons (Fsp3) is 0.400. The third-order valence-corrected chi connectivity index (χ3v) is 2.15. The Labute approximate surface area is 99.0 Å². The second-order valence-electron chi connectivity index (χ2n) is 3.37. The van der Waals surface area contributed by atoms with Crippen LogP contribution in [0.1, 0.15) is 28.9 Å². The van der Waals surface area contributed by atoms with Gasteiger partial charge in [-0.1, -0.05) is 0 Å². The van der Waals surface area contributed by atoms with Gasteiger partial charge in [0.15, 0.2) is 0 Å². The highest BCUT2D eigenvalue weighted by Crippen LogP contribution is 2.38. The van der Waals surface area contributed by atoms with Gasteiger partial charge in [0.2, 0.25) is 0 Å². The van der Waals surface area contributed by atoms with Crippen LogP contribution in [0.3, 0.4) is 0 Å². The molecule has 1 heterocycles. The standard InChI is InChI=1S/C10H8F5N3/c11-9(12)8-7(10(13,14)15)5(1-2-16)3-6(4-17)18-8/h3,9H,1,4,17H2. The van der Waals surface area contributed by atoms with Crippen molar-refractivity contribution in [1.82, 2.24) is 4.98 Å². The van der Waals surface area contributed by atoms with Gasteiger partial charge in [-0.3, -0.25) is 0 Å². The van der Waals surface area contributed by atoms with Crippen molar-refractivity contribution in [2.24, 2.45) is 5.73 Å². The molecule has 0 atom stereocenters. The van der Waals surface area contributed by atoms with Crippen molar-refractivity contribution in [3.8, 4) is 6.07 Å². The number of nitriles is 1. The van der Waals surface area contributed by atoms with Crippen molar-refractivity contribution in [2.75, 3.05) is 0 Å². The number of rotatable bonds is 3. The number of alkyl halides is 5. The van der Waals surface area contributed by atoms with Crippen LogP contribution in [0.2, 0.25) is 0 Å². The van der Waals surface area contributed by atoms with Crippen molar-refractivity contribution in [1.29, 1.82) is 5.26 Å². The molecule has 0 radical (unpaired) electrons. The van der Waals surface area contributed by atoms with Crippen LogP contribution in [-0.4, -0.2) is 4.98 Å². The van der Waals surface area contributed by atoms with Gasteiger partial charge in [0.25, 0.3) is 6.43 Å². The van der Waals surface area contributed by atoms with Gasteiger partial charge in [0.1, 0.15) is 5.69 Å². The van der Waals surface area contributed by atoms with E-state index in [1.807, 2.05) is 0 Å². The van der Waals surface area contributed by atoms with Crippen LogP contribution in [-0.2, 0) is 19.1 Å². The van der Waals surface area contributed by atoms with E-state index in [1.54, 1.807) is 0 Å². The van der Waals surface area contributed by atoms with Crippen LogP contribution in [0.25, 0.3) is 0 Å². The summed E-state index contributed by atoms with van der Waals surface area (Å²) in [6, 6.07) is 2.43. The molecule has 0 aromatic carbocycles. The van der Waals surface area contributed by atoms with E-state index in [-0.39, 0.29) is 12.2 Å². The number of pyridine rings is 1. The lowest BCUT2D eigenvalue weighted by Crippen LogP contribution is -2.17. The topological polar surface area (TPSA) is 62.7 Å². The van der Waals surface area contributed by atoms with E-state index in [0.717, 1.165) is 6.07 Å². The summed E-state index contributed by atoms with van der Waals surface area (Å²) in [5.74, 6) is 0. The molecule has 0 saturated carbocycles. The third kappa shape index (κ3) is 2.92. The summed E-state index contributed by atoms with van der Waals surface area (Å²) in [4.78, 5) is 3.20. The first-order chi connectivity index (χ1) is 8.31. The molecule has 0 amide bonds. The minimum Gasteiger partial charge on any atom is -0.325 e. The maximum atomic E-state index is 12.7. The number of nitrogens with two attached hydrogens (primary N) is 1. The zero-order valence-corrected chi connectivity index (χ0v) is 8.93. The van der Waals surface area contributed by atoms with E-state index >= 15 is 0 Å². The van der Waals surface area contributed by atoms with E-state index in [9.17, 15) is 22.0 Å². The molecule has 0 aliphatic carbocycles. The van der Waals surface area contributed by atoms with Gasteiger partial charge in [-0.05, 0) is 11.6 Å². The van der Waals surface area contributed by atoms with Crippen LogP contribution in [0.4, 0.5) is 22.0 Å². The number of halogens is 5. The van der Waals surface area contributed by atoms with Crippen molar-refractivity contribution < 1.29 is 22.0 Å². The second-order valence-corrected chi connectivity index (χ2v) is 3.37. The first kappa shape index (κ1) is 14.3. The normalized spacial score (nSPS) is 11.7. The van der Waals surface area contributed by atoms with Gasteiger partial charge in [-0.15, -0.1) is 0 Å². The van der Waals surface area contributed by atoms with Crippen LogP contribution in [0.5, 0.6) is 0 Å². The minimum absolute atomic E-state index is 0.108. The Balaban J connectivity index is 3.56. The number of hydrogen-bond acceptors (Lipinski definition) is 3. The molecule has 0 aliphatic rings. The molecule has 0 aliphatic heterocycles. The zero-order chi connectivity index (χ0) is 13.9. The third-order valence-electron chi connectivity index (χ3n) is 2.15. The highest BCUT2D eigenvalue weighted by Gasteiger charge is 2.39. The Morgan fingerprint density at radius 3 is 2.39 bits per heavy atom. The molecule has 0 spiro atoms. The summed E-state index contributed by atoms with van der Waals surface area (Å²) in [6.07, 6.45) is -9.01. The van der Waals surface area contributed by atoms with Crippen LogP contribution in [0.15, 0.2) is 6.07 Å². The molecule has 98 valence electrons. The molecular formula is C10H8F5N3. The minimum atomic E-state index is -4.99. The van der Waals surface area contributed by atoms with Gasteiger partial charge in [-0.2, -0.15) is 18.4 Å². The molecule has 8 heteroatoms. The van der Waals surface area contributed by atoms with Gasteiger partial charge >= 0.3 is 6.18 Å². The molecule has 0 unspecified atom stereocenters. The summed E-state index contributed by atoms with van der Waals surface area (Å²) < 4.78 is 63.4. The molecule has 1 aromatic heterocycles. The van der Waals surface area contributed by atoms with Crippen molar-refractivity contribution in [3.05, 3.63) is 28.6 Å². The van der Waals surface area contributed by atoms with E-state index in [0.29, 0.717) is 0 Å². The average Bonchev–Trinajstić information content (AvgIpc) is 2.26. The van der Waals surface area contributed by atoms with Crippen LogP contribution in [0, 0.1) is 11.3 Å². The first-order valence-electron chi connectivity index (χ1n) is 4.76. The van der Waals surface area contributed by atoms with E-state index < -0.39 is 35.8 Å². The highest BCUT2D eigenvalue weighted by atomic mass is 19.4. The molecule has 18 heavy (non-hydrogen) atoms. The van der Waals surface area contributed by atoms with Crippen LogP contribution < -0.4 is 5.73 Å². The molecule has 1 aromatic rings. The Kier molecular flexibility index (Phi) is 4.19. The molecule has 2 N–H and O–H groups in total. The van der Waals surface area contributed by atoms with E-state index in [4.69, 9.17) is 11.0 Å². The first-order valence-corrected chi connectivity index (χ1v) is 4.76. The second kappa shape index (κ2) is 5.27. The van der Waals surface area contributed by atoms with Crippen molar-refractivity contribution in [3.63, 3.8) is 0 Å². The predicted molar refractivity (Wildman–Crippen MR) is 51.4 cm³/mol. The molecule has 0 bridgehead atoms. The molecular weight excluding hydrogens is 257 g/mol. The summed E-state index contributed by atoms with van der Waals surface area (Å²) in [5, 5.41) is 8.45. The van der Waals surface area contributed by atoms with Crippen molar-refractivity contribution in [2.45, 2.75) is 25.6 Å². The fourth-order valence-electron chi connectivity index (χ4n) is 1.50. The van der Waals surface area contributed by atoms with E-state index in [1.165, 1.54) is 6.07 Å². The summed E-state index contributed by atoms with van der Waals surface area (Å²) in [7, 11) is 0. The molecule has 3 nitrogen and oxygen atoms in total. The van der Waals surface area contributed by atoms with E-state index in [2.05, 4.69) is 4.98 Å². The summed E-state index contributed by atoms with van der Waals surface area (Å²) in [5.41, 5.74) is 1.61. The Bertz CT molecular complexity index is 476. The zero-order valence-electron chi connectivity index (χ0n) is 8.93. The van der Waals surface area contributed by atoms with Gasteiger partial charge in [-0.25, -0.2) is 13.8 Å². The molecule has 0 saturated heterocycles. The number of hydrogen-bond donors (Lipinski definition) is 1. The fourth-order valence-corrected chi connectivity index (χ4v) is 1.50.